The summed E-state index contributed by atoms with van der Waals surface area (Å²) in [7, 11) is 0. The van der Waals surface area contributed by atoms with E-state index >= 15 is 0 Å². The minimum absolute atomic E-state index is 0.237. The zero-order valence-corrected chi connectivity index (χ0v) is 12.8. The van der Waals surface area contributed by atoms with Crippen molar-refractivity contribution in [2.45, 2.75) is 26.7 Å². The molecule has 0 unspecified atom stereocenters. The van der Waals surface area contributed by atoms with Gasteiger partial charge < -0.3 is 0 Å². The molecule has 0 aliphatic heterocycles. The average molecular weight is 296 g/mol. The number of hydrogen-bond donors (Lipinski definition) is 0. The number of nitrogens with zero attached hydrogens (tertiary/aromatic N) is 4. The number of benzene rings is 1. The first-order valence-electron chi connectivity index (χ1n) is 7.21. The van der Waals surface area contributed by atoms with Crippen LogP contribution in [-0.4, -0.2) is 9.38 Å². The molecule has 112 valence electrons. The van der Waals surface area contributed by atoms with Crippen molar-refractivity contribution in [3.05, 3.63) is 59.7 Å². The van der Waals surface area contributed by atoms with Crippen LogP contribution in [0.15, 0.2) is 52.8 Å². The van der Waals surface area contributed by atoms with Gasteiger partial charge in [0.25, 0.3) is 0 Å². The molecule has 2 heterocycles. The number of fused-ring (bicyclic) bond motifs is 1. The van der Waals surface area contributed by atoms with Crippen LogP contribution >= 0.6 is 0 Å². The molecule has 0 saturated heterocycles. The van der Waals surface area contributed by atoms with Crippen LogP contribution in [0.3, 0.4) is 0 Å². The van der Waals surface area contributed by atoms with Crippen LogP contribution in [0.4, 0.5) is 15.9 Å². The molecule has 0 radical (unpaired) electrons. The lowest BCUT2D eigenvalue weighted by atomic mass is 10.1. The normalized spacial score (nSPS) is 11.9. The summed E-state index contributed by atoms with van der Waals surface area (Å²) in [6.45, 7) is 6.18. The Labute approximate surface area is 128 Å². The summed E-state index contributed by atoms with van der Waals surface area (Å²) >= 11 is 0. The Bertz CT molecular complexity index is 832. The fraction of sp³-hybridized carbons (Fsp3) is 0.235. The summed E-state index contributed by atoms with van der Waals surface area (Å²) in [6, 6.07) is 9.93. The summed E-state index contributed by atoms with van der Waals surface area (Å²) in [4.78, 5) is 4.69. The Morgan fingerprint density at radius 1 is 1.09 bits per heavy atom. The topological polar surface area (TPSA) is 42.0 Å². The third kappa shape index (κ3) is 2.62. The number of azo groups is 1. The smallest absolute Gasteiger partial charge is 0.183 e. The molecule has 0 aliphatic rings. The van der Waals surface area contributed by atoms with Gasteiger partial charge in [0.05, 0.1) is 11.4 Å². The molecule has 0 bridgehead atoms. The van der Waals surface area contributed by atoms with Gasteiger partial charge >= 0.3 is 0 Å². The van der Waals surface area contributed by atoms with Crippen LogP contribution in [0.5, 0.6) is 0 Å². The number of hydrogen-bond acceptors (Lipinski definition) is 3. The summed E-state index contributed by atoms with van der Waals surface area (Å²) in [5.74, 6) is 0.673. The highest BCUT2D eigenvalue weighted by atomic mass is 19.1. The van der Waals surface area contributed by atoms with Crippen LogP contribution in [0.2, 0.25) is 0 Å². The molecule has 22 heavy (non-hydrogen) atoms. The molecule has 1 aromatic carbocycles. The monoisotopic (exact) mass is 296 g/mol. The molecule has 5 heteroatoms. The van der Waals surface area contributed by atoms with Crippen LogP contribution in [-0.2, 0) is 0 Å². The fourth-order valence-corrected chi connectivity index (χ4v) is 2.31. The van der Waals surface area contributed by atoms with Gasteiger partial charge in [-0.2, -0.15) is 0 Å². The van der Waals surface area contributed by atoms with Gasteiger partial charge in [0.2, 0.25) is 0 Å². The number of halogens is 1. The molecule has 4 nitrogen and oxygen atoms in total. The highest BCUT2D eigenvalue weighted by molar-refractivity contribution is 5.57. The van der Waals surface area contributed by atoms with Crippen LogP contribution in [0, 0.1) is 12.7 Å². The van der Waals surface area contributed by atoms with E-state index < -0.39 is 0 Å². The third-order valence-corrected chi connectivity index (χ3v) is 3.48. The van der Waals surface area contributed by atoms with Gasteiger partial charge in [-0.15, -0.1) is 10.2 Å². The number of aromatic nitrogens is 2. The molecule has 0 amide bonds. The van der Waals surface area contributed by atoms with Crippen molar-refractivity contribution in [3.63, 3.8) is 0 Å². The highest BCUT2D eigenvalue weighted by Gasteiger charge is 2.15. The molecule has 0 N–H and O–H groups in total. The Morgan fingerprint density at radius 2 is 1.82 bits per heavy atom. The number of rotatable bonds is 3. The summed E-state index contributed by atoms with van der Waals surface area (Å²) in [5, 5.41) is 8.57. The van der Waals surface area contributed by atoms with Gasteiger partial charge in [0.1, 0.15) is 11.5 Å². The highest BCUT2D eigenvalue weighted by Crippen LogP contribution is 2.30. The maximum absolute atomic E-state index is 12.9. The molecular weight excluding hydrogens is 279 g/mol. The van der Waals surface area contributed by atoms with E-state index in [1.807, 2.05) is 29.7 Å². The first-order chi connectivity index (χ1) is 10.6. The third-order valence-electron chi connectivity index (χ3n) is 3.48. The van der Waals surface area contributed by atoms with E-state index in [1.165, 1.54) is 12.1 Å². The van der Waals surface area contributed by atoms with Crippen molar-refractivity contribution in [2.24, 2.45) is 10.2 Å². The number of aryl methyl sites for hydroxylation is 1. The predicted octanol–water partition coefficient (Wildman–Crippen LogP) is 5.32. The van der Waals surface area contributed by atoms with E-state index in [-0.39, 0.29) is 11.7 Å². The molecule has 0 spiro atoms. The van der Waals surface area contributed by atoms with E-state index in [9.17, 15) is 4.39 Å². The van der Waals surface area contributed by atoms with Crippen molar-refractivity contribution >= 4 is 17.2 Å². The van der Waals surface area contributed by atoms with E-state index in [0.717, 1.165) is 22.7 Å². The van der Waals surface area contributed by atoms with Crippen LogP contribution in [0.1, 0.15) is 31.0 Å². The first-order valence-corrected chi connectivity index (χ1v) is 7.21. The standard InChI is InChI=1S/C17H17FN4/c1-11(2)15-17(21-20-14-8-6-13(18)7-9-14)22-10-4-5-12(3)16(22)19-15/h4-11H,1-3H3. The van der Waals surface area contributed by atoms with Crippen molar-refractivity contribution in [2.75, 3.05) is 0 Å². The Morgan fingerprint density at radius 3 is 2.50 bits per heavy atom. The van der Waals surface area contributed by atoms with E-state index in [0.29, 0.717) is 5.69 Å². The van der Waals surface area contributed by atoms with Gasteiger partial charge in [0.15, 0.2) is 5.82 Å². The van der Waals surface area contributed by atoms with E-state index in [1.54, 1.807) is 12.1 Å². The Balaban J connectivity index is 2.10. The SMILES string of the molecule is Cc1cccn2c(N=Nc3ccc(F)cc3)c(C(C)C)nc12. The van der Waals surface area contributed by atoms with Gasteiger partial charge in [-0.1, -0.05) is 19.9 Å². The zero-order valence-electron chi connectivity index (χ0n) is 12.8. The molecule has 0 atom stereocenters. The minimum atomic E-state index is -0.285. The van der Waals surface area contributed by atoms with Crippen molar-refractivity contribution in [1.82, 2.24) is 9.38 Å². The van der Waals surface area contributed by atoms with Crippen molar-refractivity contribution < 1.29 is 4.39 Å². The van der Waals surface area contributed by atoms with Crippen LogP contribution < -0.4 is 0 Å². The molecule has 0 saturated carbocycles. The molecule has 0 aliphatic carbocycles. The van der Waals surface area contributed by atoms with E-state index in [2.05, 4.69) is 29.1 Å². The first kappa shape index (κ1) is 14.4. The quantitative estimate of drug-likeness (QED) is 0.603. The molecular formula is C17H17FN4. The maximum Gasteiger partial charge on any atom is 0.183 e. The van der Waals surface area contributed by atoms with Crippen molar-refractivity contribution in [1.29, 1.82) is 0 Å². The van der Waals surface area contributed by atoms with E-state index in [4.69, 9.17) is 0 Å². The summed E-state index contributed by atoms with van der Waals surface area (Å²) in [5.41, 5.74) is 3.49. The zero-order chi connectivity index (χ0) is 15.7. The Kier molecular flexibility index (Phi) is 3.71. The van der Waals surface area contributed by atoms with Gasteiger partial charge in [-0.3, -0.25) is 4.40 Å². The average Bonchev–Trinajstić information content (AvgIpc) is 2.87. The molecule has 3 rings (SSSR count). The summed E-state index contributed by atoms with van der Waals surface area (Å²) < 4.78 is 14.9. The lowest BCUT2D eigenvalue weighted by Gasteiger charge is -2.01. The number of pyridine rings is 1. The summed E-state index contributed by atoms with van der Waals surface area (Å²) in [6.07, 6.45) is 1.93. The largest absolute Gasteiger partial charge is 0.283 e. The molecule has 3 aromatic rings. The predicted molar refractivity (Wildman–Crippen MR) is 84.6 cm³/mol. The maximum atomic E-state index is 12.9. The lowest BCUT2D eigenvalue weighted by Crippen LogP contribution is -1.87. The van der Waals surface area contributed by atoms with Gasteiger partial charge in [0, 0.05) is 6.20 Å². The van der Waals surface area contributed by atoms with Crippen molar-refractivity contribution in [3.8, 4) is 0 Å². The lowest BCUT2D eigenvalue weighted by molar-refractivity contribution is 0.628. The number of imidazole rings is 1. The Hall–Kier alpha value is -2.56. The second-order valence-electron chi connectivity index (χ2n) is 5.54. The molecule has 0 fully saturated rings. The fourth-order valence-electron chi connectivity index (χ4n) is 2.31. The van der Waals surface area contributed by atoms with Crippen LogP contribution in [0.25, 0.3) is 5.65 Å². The second-order valence-corrected chi connectivity index (χ2v) is 5.54. The second kappa shape index (κ2) is 5.67. The van der Waals surface area contributed by atoms with Gasteiger partial charge in [-0.25, -0.2) is 9.37 Å². The molecule has 2 aromatic heterocycles. The van der Waals surface area contributed by atoms with Gasteiger partial charge in [-0.05, 0) is 48.7 Å². The minimum Gasteiger partial charge on any atom is -0.283 e.